The van der Waals surface area contributed by atoms with Crippen LogP contribution in [0.2, 0.25) is 0 Å². The van der Waals surface area contributed by atoms with Gasteiger partial charge in [-0.3, -0.25) is 4.79 Å². The number of carbonyl (C=O) groups is 1. The number of aromatic nitrogens is 2. The van der Waals surface area contributed by atoms with E-state index in [-0.39, 0.29) is 22.2 Å². The summed E-state index contributed by atoms with van der Waals surface area (Å²) in [6, 6.07) is 3.85. The van der Waals surface area contributed by atoms with Gasteiger partial charge in [0.15, 0.2) is 5.82 Å². The summed E-state index contributed by atoms with van der Waals surface area (Å²) in [5.74, 6) is -1.11. The predicted octanol–water partition coefficient (Wildman–Crippen LogP) is 1.79. The van der Waals surface area contributed by atoms with E-state index in [1.807, 2.05) is 0 Å². The fraction of sp³-hybridized carbons (Fsp3) is 0.438. The highest BCUT2D eigenvalue weighted by molar-refractivity contribution is 7.89. The topological polar surface area (TPSA) is 119 Å². The molecular formula is C16H17F3N4O4S. The third-order valence-corrected chi connectivity index (χ3v) is 5.08. The number of carbonyl (C=O) groups excluding carboxylic acids is 1. The lowest BCUT2D eigenvalue weighted by Gasteiger charge is -2.23. The summed E-state index contributed by atoms with van der Waals surface area (Å²) < 4.78 is 66.6. The molecule has 0 unspecified atom stereocenters. The fourth-order valence-electron chi connectivity index (χ4n) is 2.73. The molecule has 3 rings (SSSR count). The summed E-state index contributed by atoms with van der Waals surface area (Å²) in [5, 5.41) is 8.78. The maximum atomic E-state index is 12.7. The number of hydrogen-bond donors (Lipinski definition) is 1. The monoisotopic (exact) mass is 418 g/mol. The van der Waals surface area contributed by atoms with Crippen LogP contribution in [0.3, 0.4) is 0 Å². The van der Waals surface area contributed by atoms with E-state index in [2.05, 4.69) is 10.1 Å². The van der Waals surface area contributed by atoms with E-state index in [0.29, 0.717) is 18.4 Å². The minimum atomic E-state index is -4.51. The molecule has 28 heavy (non-hydrogen) atoms. The number of primary sulfonamides is 1. The van der Waals surface area contributed by atoms with Gasteiger partial charge in [0, 0.05) is 6.04 Å². The smallest absolute Gasteiger partial charge is 0.334 e. The van der Waals surface area contributed by atoms with Crippen LogP contribution < -0.4 is 5.14 Å². The van der Waals surface area contributed by atoms with Gasteiger partial charge in [0.25, 0.3) is 5.89 Å². The molecule has 0 bridgehead atoms. The van der Waals surface area contributed by atoms with Crippen molar-refractivity contribution in [3.63, 3.8) is 0 Å². The molecule has 0 aliphatic heterocycles. The standard InChI is InChI=1S/C16H17F3N4O4S/c1-9-2-5-12(28(20,25)26)11(6-9)15-21-13(22-27-15)7-14(24)23(10-3-4-10)8-16(17,18)19/h2,5-6,10H,3-4,7-8H2,1H3,(H2,20,25,26). The normalized spacial score (nSPS) is 14.9. The van der Waals surface area contributed by atoms with Gasteiger partial charge in [-0.15, -0.1) is 0 Å². The Morgan fingerprint density at radius 2 is 2.04 bits per heavy atom. The molecule has 1 amide bonds. The molecule has 0 saturated heterocycles. The number of alkyl halides is 3. The second-order valence-electron chi connectivity index (χ2n) is 6.61. The van der Waals surface area contributed by atoms with Gasteiger partial charge in [-0.25, -0.2) is 13.6 Å². The number of halogens is 3. The van der Waals surface area contributed by atoms with Crippen molar-refractivity contribution in [2.75, 3.05) is 6.54 Å². The highest BCUT2D eigenvalue weighted by Crippen LogP contribution is 2.31. The Bertz CT molecular complexity index is 1000. The van der Waals surface area contributed by atoms with Gasteiger partial charge >= 0.3 is 6.18 Å². The van der Waals surface area contributed by atoms with Crippen LogP contribution in [0.25, 0.3) is 11.5 Å². The van der Waals surface area contributed by atoms with Crippen molar-refractivity contribution in [3.05, 3.63) is 29.6 Å². The Labute approximate surface area is 158 Å². The average molecular weight is 418 g/mol. The number of sulfonamides is 1. The Morgan fingerprint density at radius 3 is 2.61 bits per heavy atom. The van der Waals surface area contributed by atoms with Gasteiger partial charge in [-0.05, 0) is 31.9 Å². The quantitative estimate of drug-likeness (QED) is 0.764. The zero-order chi connectivity index (χ0) is 20.7. The van der Waals surface area contributed by atoms with Crippen LogP contribution in [0.15, 0.2) is 27.6 Å². The first-order valence-corrected chi connectivity index (χ1v) is 9.81. The first kappa shape index (κ1) is 20.3. The zero-order valence-electron chi connectivity index (χ0n) is 14.7. The summed E-state index contributed by atoms with van der Waals surface area (Å²) in [5.41, 5.74) is 0.756. The minimum absolute atomic E-state index is 0.0584. The first-order chi connectivity index (χ1) is 12.9. The van der Waals surface area contributed by atoms with Crippen molar-refractivity contribution >= 4 is 15.9 Å². The average Bonchev–Trinajstić information content (AvgIpc) is 3.29. The highest BCUT2D eigenvalue weighted by Gasteiger charge is 2.40. The van der Waals surface area contributed by atoms with Crippen LogP contribution in [-0.4, -0.2) is 48.1 Å². The van der Waals surface area contributed by atoms with Gasteiger partial charge in [0.2, 0.25) is 15.9 Å². The van der Waals surface area contributed by atoms with Crippen molar-refractivity contribution in [1.82, 2.24) is 15.0 Å². The lowest BCUT2D eigenvalue weighted by Crippen LogP contribution is -2.41. The largest absolute Gasteiger partial charge is 0.406 e. The van der Waals surface area contributed by atoms with Gasteiger partial charge in [0.05, 0.1) is 16.9 Å². The van der Waals surface area contributed by atoms with Gasteiger partial charge in [-0.1, -0.05) is 16.8 Å². The Hall–Kier alpha value is -2.47. The van der Waals surface area contributed by atoms with Crippen molar-refractivity contribution in [2.45, 2.75) is 43.3 Å². The van der Waals surface area contributed by atoms with E-state index in [9.17, 15) is 26.4 Å². The Kier molecular flexibility index (Phi) is 5.19. The van der Waals surface area contributed by atoms with Gasteiger partial charge in [0.1, 0.15) is 6.54 Å². The SMILES string of the molecule is Cc1ccc(S(N)(=O)=O)c(-c2nc(CC(=O)N(CC(F)(F)F)C3CC3)no2)c1. The van der Waals surface area contributed by atoms with Crippen molar-refractivity contribution in [1.29, 1.82) is 0 Å². The second-order valence-corrected chi connectivity index (χ2v) is 8.13. The molecule has 0 spiro atoms. The number of hydrogen-bond acceptors (Lipinski definition) is 6. The van der Waals surface area contributed by atoms with Crippen molar-refractivity contribution < 1.29 is 30.9 Å². The van der Waals surface area contributed by atoms with Gasteiger partial charge in [-0.2, -0.15) is 18.2 Å². The molecule has 1 heterocycles. The molecule has 0 radical (unpaired) electrons. The summed E-state index contributed by atoms with van der Waals surface area (Å²) in [6.45, 7) is 0.372. The third-order valence-electron chi connectivity index (χ3n) is 4.11. The summed E-state index contributed by atoms with van der Waals surface area (Å²) in [6.07, 6.45) is -3.97. The molecule has 1 fully saturated rings. The number of nitrogens with two attached hydrogens (primary N) is 1. The van der Waals surface area contributed by atoms with Crippen LogP contribution in [0.1, 0.15) is 24.2 Å². The number of aryl methyl sites for hydroxylation is 1. The van der Waals surface area contributed by atoms with E-state index in [1.165, 1.54) is 18.2 Å². The minimum Gasteiger partial charge on any atom is -0.334 e. The molecule has 1 aliphatic rings. The summed E-state index contributed by atoms with van der Waals surface area (Å²) in [7, 11) is -4.08. The molecule has 1 aromatic heterocycles. The number of benzene rings is 1. The summed E-state index contributed by atoms with van der Waals surface area (Å²) >= 11 is 0. The van der Waals surface area contributed by atoms with Crippen molar-refractivity contribution in [2.24, 2.45) is 5.14 Å². The van der Waals surface area contributed by atoms with E-state index >= 15 is 0 Å². The zero-order valence-corrected chi connectivity index (χ0v) is 15.5. The molecule has 1 aromatic carbocycles. The number of nitrogens with zero attached hydrogens (tertiary/aromatic N) is 3. The Balaban J connectivity index is 1.83. The second kappa shape index (κ2) is 7.17. The van der Waals surface area contributed by atoms with E-state index in [1.54, 1.807) is 6.92 Å². The highest BCUT2D eigenvalue weighted by atomic mass is 32.2. The number of rotatable bonds is 6. The number of amides is 1. The molecule has 1 saturated carbocycles. The molecular weight excluding hydrogens is 401 g/mol. The first-order valence-electron chi connectivity index (χ1n) is 8.26. The third kappa shape index (κ3) is 4.87. The fourth-order valence-corrected chi connectivity index (χ4v) is 3.44. The molecule has 1 aliphatic carbocycles. The Morgan fingerprint density at radius 1 is 1.36 bits per heavy atom. The molecule has 12 heteroatoms. The van der Waals surface area contributed by atoms with E-state index < -0.39 is 41.1 Å². The van der Waals surface area contributed by atoms with Gasteiger partial charge < -0.3 is 9.42 Å². The maximum Gasteiger partial charge on any atom is 0.406 e. The molecule has 2 N–H and O–H groups in total. The van der Waals surface area contributed by atoms with E-state index in [0.717, 1.165) is 4.90 Å². The van der Waals surface area contributed by atoms with Crippen molar-refractivity contribution in [3.8, 4) is 11.5 Å². The molecule has 8 nitrogen and oxygen atoms in total. The summed E-state index contributed by atoms with van der Waals surface area (Å²) in [4.78, 5) is 16.8. The molecule has 152 valence electrons. The van der Waals surface area contributed by atoms with Crippen LogP contribution >= 0.6 is 0 Å². The van der Waals surface area contributed by atoms with Crippen LogP contribution in [-0.2, 0) is 21.2 Å². The lowest BCUT2D eigenvalue weighted by molar-refractivity contribution is -0.162. The lowest BCUT2D eigenvalue weighted by atomic mass is 10.1. The molecule has 0 atom stereocenters. The maximum absolute atomic E-state index is 12.7. The van der Waals surface area contributed by atoms with E-state index in [4.69, 9.17) is 9.66 Å². The van der Waals surface area contributed by atoms with Crippen LogP contribution in [0, 0.1) is 6.92 Å². The van der Waals surface area contributed by atoms with Crippen LogP contribution in [0.5, 0.6) is 0 Å². The van der Waals surface area contributed by atoms with Crippen LogP contribution in [0.4, 0.5) is 13.2 Å². The predicted molar refractivity (Wildman–Crippen MR) is 90.3 cm³/mol. The molecule has 2 aromatic rings.